The van der Waals surface area contributed by atoms with Crippen LogP contribution in [0.2, 0.25) is 0 Å². The molecule has 2 aliphatic heterocycles. The first-order valence-corrected chi connectivity index (χ1v) is 5.48. The Balaban J connectivity index is 2.19. The second-order valence-electron chi connectivity index (χ2n) is 3.97. The minimum atomic E-state index is 0.217. The van der Waals surface area contributed by atoms with Gasteiger partial charge >= 0.3 is 0 Å². The third kappa shape index (κ3) is 1.59. The zero-order valence-electron chi connectivity index (χ0n) is 8.86. The molecule has 0 atom stereocenters. The number of nitrogens with one attached hydrogen (secondary N) is 1. The second kappa shape index (κ2) is 3.68. The third-order valence-corrected chi connectivity index (χ3v) is 2.80. The Morgan fingerprint density at radius 3 is 3.00 bits per heavy atom. The monoisotopic (exact) mass is 215 g/mol. The van der Waals surface area contributed by atoms with E-state index in [9.17, 15) is 0 Å². The Morgan fingerprint density at radius 2 is 2.12 bits per heavy atom. The van der Waals surface area contributed by atoms with Crippen LogP contribution in [0.5, 0.6) is 0 Å². The predicted octanol–water partition coefficient (Wildman–Crippen LogP) is 2.41. The smallest absolute Gasteiger partial charge is 0.241 e. The van der Waals surface area contributed by atoms with Crippen molar-refractivity contribution in [3.8, 4) is 0 Å². The van der Waals surface area contributed by atoms with E-state index in [1.54, 1.807) is 0 Å². The number of hydrogen-bond acceptors (Lipinski definition) is 2. The summed E-state index contributed by atoms with van der Waals surface area (Å²) in [6.45, 7) is 0.217. The van der Waals surface area contributed by atoms with Crippen molar-refractivity contribution < 1.29 is 9.52 Å². The van der Waals surface area contributed by atoms with E-state index in [2.05, 4.69) is 17.1 Å². The van der Waals surface area contributed by atoms with Gasteiger partial charge in [-0.15, -0.1) is 0 Å². The highest BCUT2D eigenvalue weighted by molar-refractivity contribution is 5.78. The van der Waals surface area contributed by atoms with E-state index in [0.29, 0.717) is 0 Å². The second-order valence-corrected chi connectivity index (χ2v) is 3.97. The minimum Gasteiger partial charge on any atom is -0.431 e. The van der Waals surface area contributed by atoms with E-state index < -0.39 is 0 Å². The van der Waals surface area contributed by atoms with Crippen molar-refractivity contribution in [1.82, 2.24) is 4.98 Å². The van der Waals surface area contributed by atoms with Gasteiger partial charge in [-0.25, -0.2) is 0 Å². The number of benzene rings is 1. The molecule has 3 rings (SSSR count). The van der Waals surface area contributed by atoms with Crippen LogP contribution in [0.25, 0.3) is 10.9 Å². The van der Waals surface area contributed by atoms with Crippen LogP contribution in [0.3, 0.4) is 0 Å². The minimum absolute atomic E-state index is 0.217. The van der Waals surface area contributed by atoms with Gasteiger partial charge in [0.15, 0.2) is 5.42 Å². The number of rotatable bonds is 3. The maximum atomic E-state index is 8.86. The highest BCUT2D eigenvalue weighted by atomic mass is 16.4. The van der Waals surface area contributed by atoms with Crippen LogP contribution in [0.1, 0.15) is 12.0 Å². The lowest BCUT2D eigenvalue weighted by Gasteiger charge is -1.95. The van der Waals surface area contributed by atoms with Crippen molar-refractivity contribution >= 4 is 10.9 Å². The molecule has 1 aromatic carbocycles. The molecule has 0 aliphatic carbocycles. The molecule has 2 aliphatic rings. The SMILES string of the molecule is OCCCc1cc2ccccc2[nH]c2oc1=2. The number of aromatic nitrogens is 1. The van der Waals surface area contributed by atoms with Crippen molar-refractivity contribution in [2.24, 2.45) is 0 Å². The van der Waals surface area contributed by atoms with Gasteiger partial charge in [-0.3, -0.25) is 0 Å². The van der Waals surface area contributed by atoms with Crippen molar-refractivity contribution in [3.05, 3.63) is 46.9 Å². The molecule has 0 saturated heterocycles. The van der Waals surface area contributed by atoms with Crippen LogP contribution in [0, 0.1) is 11.0 Å². The summed E-state index contributed by atoms with van der Waals surface area (Å²) in [5.41, 5.74) is 4.05. The van der Waals surface area contributed by atoms with Gasteiger partial charge in [0.2, 0.25) is 5.55 Å². The third-order valence-electron chi connectivity index (χ3n) is 2.80. The van der Waals surface area contributed by atoms with E-state index >= 15 is 0 Å². The fourth-order valence-electron chi connectivity index (χ4n) is 1.94. The van der Waals surface area contributed by atoms with Crippen molar-refractivity contribution in [3.63, 3.8) is 0 Å². The quantitative estimate of drug-likeness (QED) is 0.704. The topological polar surface area (TPSA) is 49.2 Å². The van der Waals surface area contributed by atoms with Gasteiger partial charge in [0.25, 0.3) is 0 Å². The summed E-state index contributed by atoms with van der Waals surface area (Å²) in [4.78, 5) is 3.25. The molecule has 1 aromatic rings. The molecule has 2 heterocycles. The Hall–Kier alpha value is -1.74. The number of aliphatic hydroxyl groups excluding tert-OH is 1. The number of para-hydroxylation sites is 1. The average molecular weight is 215 g/mol. The van der Waals surface area contributed by atoms with Gasteiger partial charge in [-0.2, -0.15) is 0 Å². The fourth-order valence-corrected chi connectivity index (χ4v) is 1.94. The lowest BCUT2D eigenvalue weighted by atomic mass is 10.1. The van der Waals surface area contributed by atoms with Crippen LogP contribution >= 0.6 is 0 Å². The van der Waals surface area contributed by atoms with E-state index in [4.69, 9.17) is 9.52 Å². The van der Waals surface area contributed by atoms with Crippen LogP contribution in [0.4, 0.5) is 0 Å². The molecule has 0 amide bonds. The Kier molecular flexibility index (Phi) is 2.18. The zero-order valence-corrected chi connectivity index (χ0v) is 8.86. The summed E-state index contributed by atoms with van der Waals surface area (Å²) < 4.78 is 5.40. The number of aromatic amines is 1. The van der Waals surface area contributed by atoms with Crippen LogP contribution in [-0.4, -0.2) is 16.7 Å². The summed E-state index contributed by atoms with van der Waals surface area (Å²) in [7, 11) is 0. The molecular formula is C13H13NO2. The van der Waals surface area contributed by atoms with Crippen LogP contribution in [0.15, 0.2) is 34.7 Å². The van der Waals surface area contributed by atoms with E-state index in [-0.39, 0.29) is 6.61 Å². The molecule has 82 valence electrons. The summed E-state index contributed by atoms with van der Waals surface area (Å²) in [5.74, 6) is 0. The maximum absolute atomic E-state index is 8.86. The standard InChI is InChI=1S/C13H13NO2/c15-7-3-5-10-8-9-4-1-2-6-11(9)14-13-12(10)16-13/h1-2,4,6,8,14-15H,3,5,7H2. The highest BCUT2D eigenvalue weighted by Gasteiger charge is 2.08. The summed E-state index contributed by atoms with van der Waals surface area (Å²) in [6, 6.07) is 10.3. The summed E-state index contributed by atoms with van der Waals surface area (Å²) in [5, 5.41) is 10.0. The van der Waals surface area contributed by atoms with E-state index in [0.717, 1.165) is 29.3 Å². The van der Waals surface area contributed by atoms with E-state index in [1.165, 1.54) is 10.9 Å². The molecular weight excluding hydrogens is 202 g/mol. The number of aryl methyl sites for hydroxylation is 1. The van der Waals surface area contributed by atoms with Crippen molar-refractivity contribution in [2.75, 3.05) is 6.61 Å². The zero-order chi connectivity index (χ0) is 11.0. The number of fused-ring (bicyclic) bond motifs is 1. The first kappa shape index (κ1) is 9.48. The molecule has 0 saturated carbocycles. The van der Waals surface area contributed by atoms with Gasteiger partial charge in [0.1, 0.15) is 0 Å². The largest absolute Gasteiger partial charge is 0.431 e. The highest BCUT2D eigenvalue weighted by Crippen LogP contribution is 2.18. The van der Waals surface area contributed by atoms with Gasteiger partial charge in [-0.05, 0) is 30.4 Å². The molecule has 16 heavy (non-hydrogen) atoms. The summed E-state index contributed by atoms with van der Waals surface area (Å²) in [6.07, 6.45) is 1.62. The number of aliphatic hydroxyl groups is 1. The molecule has 0 spiro atoms. The Labute approximate surface area is 92.4 Å². The molecule has 2 N–H and O–H groups in total. The normalized spacial score (nSPS) is 11.6. The lowest BCUT2D eigenvalue weighted by molar-refractivity contribution is 0.288. The van der Waals surface area contributed by atoms with E-state index in [1.807, 2.05) is 18.2 Å². The van der Waals surface area contributed by atoms with Gasteiger partial charge in [0, 0.05) is 17.7 Å². The first-order valence-electron chi connectivity index (χ1n) is 5.48. The predicted molar refractivity (Wildman–Crippen MR) is 61.3 cm³/mol. The molecule has 3 heteroatoms. The number of hydrogen-bond donors (Lipinski definition) is 2. The van der Waals surface area contributed by atoms with Crippen LogP contribution in [-0.2, 0) is 6.42 Å². The molecule has 0 aromatic heterocycles. The van der Waals surface area contributed by atoms with Crippen molar-refractivity contribution in [1.29, 1.82) is 0 Å². The summed E-state index contributed by atoms with van der Waals surface area (Å²) >= 11 is 0. The Morgan fingerprint density at radius 1 is 1.25 bits per heavy atom. The maximum Gasteiger partial charge on any atom is 0.241 e. The van der Waals surface area contributed by atoms with Crippen LogP contribution < -0.4 is 0 Å². The van der Waals surface area contributed by atoms with Crippen molar-refractivity contribution in [2.45, 2.75) is 12.8 Å². The average Bonchev–Trinajstić information content (AvgIpc) is 3.05. The van der Waals surface area contributed by atoms with Gasteiger partial charge in [-0.1, -0.05) is 18.2 Å². The van der Waals surface area contributed by atoms with Gasteiger partial charge in [0.05, 0.1) is 0 Å². The molecule has 0 radical (unpaired) electrons. The fraction of sp³-hybridized carbons (Fsp3) is 0.231. The van der Waals surface area contributed by atoms with Gasteiger partial charge < -0.3 is 14.5 Å². The number of H-pyrrole nitrogens is 1. The molecule has 0 unspecified atom stereocenters. The molecule has 0 bridgehead atoms. The Bertz CT molecular complexity index is 665. The molecule has 3 nitrogen and oxygen atoms in total. The first-order chi connectivity index (χ1) is 7.88. The molecule has 0 fully saturated rings. The lowest BCUT2D eigenvalue weighted by Crippen LogP contribution is -1.87.